The first-order valence-corrected chi connectivity index (χ1v) is 7.66. The first-order valence-electron chi connectivity index (χ1n) is 7.66. The second-order valence-electron chi connectivity index (χ2n) is 5.75. The maximum absolute atomic E-state index is 5.44. The van der Waals surface area contributed by atoms with Gasteiger partial charge in [0, 0.05) is 10.9 Å². The Hall–Kier alpha value is -3.13. The topological polar surface area (TPSA) is 26.0 Å². The molecule has 5 rings (SSSR count). The largest absolute Gasteiger partial charge is 0.356 e. The summed E-state index contributed by atoms with van der Waals surface area (Å²) in [6.45, 7) is 0. The quantitative estimate of drug-likeness (QED) is 0.365. The van der Waals surface area contributed by atoms with E-state index in [4.69, 9.17) is 4.52 Å². The Morgan fingerprint density at radius 3 is 2.30 bits per heavy atom. The molecule has 0 unspecified atom stereocenters. The van der Waals surface area contributed by atoms with Gasteiger partial charge in [-0.25, -0.2) is 0 Å². The highest BCUT2D eigenvalue weighted by Crippen LogP contribution is 2.32. The standard InChI is InChI=1S/C21H13NO/c1-2-6-17-14(5-1)9-10-15-13-16(11-12-18(15)17)21-19-7-3-4-8-20(19)23-22-21/h1-13H. The first kappa shape index (κ1) is 12.4. The molecule has 0 amide bonds. The lowest BCUT2D eigenvalue weighted by Gasteiger charge is -2.05. The van der Waals surface area contributed by atoms with Crippen molar-refractivity contribution in [3.05, 3.63) is 78.9 Å². The number of hydrogen-bond donors (Lipinski definition) is 0. The molecule has 0 N–H and O–H groups in total. The van der Waals surface area contributed by atoms with E-state index in [1.54, 1.807) is 0 Å². The zero-order valence-corrected chi connectivity index (χ0v) is 12.4. The molecule has 4 aromatic carbocycles. The summed E-state index contributed by atoms with van der Waals surface area (Å²) in [6.07, 6.45) is 0. The van der Waals surface area contributed by atoms with Crippen molar-refractivity contribution in [2.45, 2.75) is 0 Å². The van der Waals surface area contributed by atoms with Gasteiger partial charge < -0.3 is 4.52 Å². The molecule has 0 aliphatic heterocycles. The summed E-state index contributed by atoms with van der Waals surface area (Å²) >= 11 is 0. The fourth-order valence-electron chi connectivity index (χ4n) is 3.25. The van der Waals surface area contributed by atoms with Crippen LogP contribution >= 0.6 is 0 Å². The van der Waals surface area contributed by atoms with Crippen LogP contribution in [-0.2, 0) is 0 Å². The van der Waals surface area contributed by atoms with Gasteiger partial charge in [0.05, 0.1) is 0 Å². The zero-order valence-electron chi connectivity index (χ0n) is 12.4. The monoisotopic (exact) mass is 295 g/mol. The molecule has 23 heavy (non-hydrogen) atoms. The molecule has 108 valence electrons. The Morgan fingerprint density at radius 2 is 1.35 bits per heavy atom. The van der Waals surface area contributed by atoms with Crippen molar-refractivity contribution in [2.75, 3.05) is 0 Å². The van der Waals surface area contributed by atoms with Crippen LogP contribution in [-0.4, -0.2) is 5.16 Å². The van der Waals surface area contributed by atoms with Gasteiger partial charge in [-0.2, -0.15) is 0 Å². The van der Waals surface area contributed by atoms with Gasteiger partial charge in [-0.05, 0) is 39.7 Å². The van der Waals surface area contributed by atoms with Gasteiger partial charge in [-0.3, -0.25) is 0 Å². The maximum Gasteiger partial charge on any atom is 0.167 e. The Kier molecular flexibility index (Phi) is 2.53. The molecule has 0 saturated carbocycles. The van der Waals surface area contributed by atoms with E-state index in [-0.39, 0.29) is 0 Å². The SMILES string of the molecule is c1ccc2c(c1)ccc1cc(-c3noc4ccccc34)ccc12. The predicted molar refractivity (Wildman–Crippen MR) is 94.5 cm³/mol. The van der Waals surface area contributed by atoms with Crippen LogP contribution in [0, 0.1) is 0 Å². The molecular weight excluding hydrogens is 282 g/mol. The van der Waals surface area contributed by atoms with Gasteiger partial charge in [0.2, 0.25) is 0 Å². The van der Waals surface area contributed by atoms with Crippen molar-refractivity contribution in [2.24, 2.45) is 0 Å². The minimum atomic E-state index is 0.820. The lowest BCUT2D eigenvalue weighted by atomic mass is 9.98. The Bertz CT molecular complexity index is 1170. The van der Waals surface area contributed by atoms with Crippen LogP contribution in [0.3, 0.4) is 0 Å². The fourth-order valence-corrected chi connectivity index (χ4v) is 3.25. The normalized spacial score (nSPS) is 11.5. The van der Waals surface area contributed by atoms with Crippen LogP contribution in [0.2, 0.25) is 0 Å². The van der Waals surface area contributed by atoms with Crippen molar-refractivity contribution in [1.82, 2.24) is 5.16 Å². The van der Waals surface area contributed by atoms with Crippen molar-refractivity contribution in [3.63, 3.8) is 0 Å². The van der Waals surface area contributed by atoms with E-state index in [2.05, 4.69) is 59.8 Å². The van der Waals surface area contributed by atoms with E-state index in [1.165, 1.54) is 21.5 Å². The van der Waals surface area contributed by atoms with Crippen LogP contribution < -0.4 is 0 Å². The highest BCUT2D eigenvalue weighted by atomic mass is 16.5. The summed E-state index contributed by atoms with van der Waals surface area (Å²) in [4.78, 5) is 0. The molecule has 0 aliphatic carbocycles. The fraction of sp³-hybridized carbons (Fsp3) is 0. The van der Waals surface area contributed by atoms with Crippen molar-refractivity contribution in [1.29, 1.82) is 0 Å². The number of nitrogens with zero attached hydrogens (tertiary/aromatic N) is 1. The number of aromatic nitrogens is 1. The smallest absolute Gasteiger partial charge is 0.167 e. The molecule has 0 bridgehead atoms. The molecule has 2 nitrogen and oxygen atoms in total. The van der Waals surface area contributed by atoms with Gasteiger partial charge in [0.15, 0.2) is 5.58 Å². The van der Waals surface area contributed by atoms with Crippen LogP contribution in [0.15, 0.2) is 83.4 Å². The van der Waals surface area contributed by atoms with Crippen LogP contribution in [0.5, 0.6) is 0 Å². The second-order valence-corrected chi connectivity index (χ2v) is 5.75. The molecular formula is C21H13NO. The summed E-state index contributed by atoms with van der Waals surface area (Å²) in [7, 11) is 0. The van der Waals surface area contributed by atoms with Gasteiger partial charge >= 0.3 is 0 Å². The molecule has 1 heterocycles. The van der Waals surface area contributed by atoms with Crippen molar-refractivity contribution >= 4 is 32.5 Å². The molecule has 5 aromatic rings. The minimum absolute atomic E-state index is 0.820. The van der Waals surface area contributed by atoms with Crippen LogP contribution in [0.4, 0.5) is 0 Å². The highest BCUT2D eigenvalue weighted by molar-refractivity contribution is 6.08. The highest BCUT2D eigenvalue weighted by Gasteiger charge is 2.10. The van der Waals surface area contributed by atoms with Crippen LogP contribution in [0.1, 0.15) is 0 Å². The van der Waals surface area contributed by atoms with E-state index >= 15 is 0 Å². The number of benzene rings is 4. The summed E-state index contributed by atoms with van der Waals surface area (Å²) in [6, 6.07) is 27.3. The summed E-state index contributed by atoms with van der Waals surface area (Å²) < 4.78 is 5.44. The summed E-state index contributed by atoms with van der Waals surface area (Å²) in [5.41, 5.74) is 2.80. The molecule has 1 aromatic heterocycles. The zero-order chi connectivity index (χ0) is 15.2. The average Bonchev–Trinajstić information content (AvgIpc) is 3.05. The predicted octanol–water partition coefficient (Wildman–Crippen LogP) is 5.80. The lowest BCUT2D eigenvalue weighted by Crippen LogP contribution is -1.81. The third kappa shape index (κ3) is 1.85. The molecule has 0 spiro atoms. The van der Waals surface area contributed by atoms with Gasteiger partial charge in [0.25, 0.3) is 0 Å². The lowest BCUT2D eigenvalue weighted by molar-refractivity contribution is 0.459. The Morgan fingerprint density at radius 1 is 0.609 bits per heavy atom. The van der Waals surface area contributed by atoms with E-state index in [0.29, 0.717) is 0 Å². The summed E-state index contributed by atoms with van der Waals surface area (Å²) in [5.74, 6) is 0. The number of para-hydroxylation sites is 1. The second kappa shape index (κ2) is 4.68. The number of rotatable bonds is 1. The van der Waals surface area contributed by atoms with Crippen LogP contribution in [0.25, 0.3) is 43.8 Å². The summed E-state index contributed by atoms with van der Waals surface area (Å²) in [5, 5.41) is 10.3. The first-order chi connectivity index (χ1) is 11.4. The maximum atomic E-state index is 5.44. The van der Waals surface area contributed by atoms with Crippen molar-refractivity contribution in [3.8, 4) is 11.3 Å². The Labute approximate surface area is 132 Å². The minimum Gasteiger partial charge on any atom is -0.356 e. The molecule has 0 fully saturated rings. The Balaban J connectivity index is 1.79. The number of fused-ring (bicyclic) bond motifs is 4. The molecule has 0 saturated heterocycles. The third-order valence-electron chi connectivity index (χ3n) is 4.40. The molecule has 0 radical (unpaired) electrons. The van der Waals surface area contributed by atoms with E-state index < -0.39 is 0 Å². The van der Waals surface area contributed by atoms with Gasteiger partial charge in [-0.15, -0.1) is 0 Å². The average molecular weight is 295 g/mol. The molecule has 2 heteroatoms. The van der Waals surface area contributed by atoms with Gasteiger partial charge in [-0.1, -0.05) is 65.8 Å². The third-order valence-corrected chi connectivity index (χ3v) is 4.40. The van der Waals surface area contributed by atoms with E-state index in [1.807, 2.05) is 24.3 Å². The molecule has 0 aliphatic rings. The van der Waals surface area contributed by atoms with E-state index in [0.717, 1.165) is 22.2 Å². The van der Waals surface area contributed by atoms with E-state index in [9.17, 15) is 0 Å². The molecule has 0 atom stereocenters. The van der Waals surface area contributed by atoms with Crippen molar-refractivity contribution < 1.29 is 4.52 Å². The number of hydrogen-bond acceptors (Lipinski definition) is 2. The van der Waals surface area contributed by atoms with Gasteiger partial charge in [0.1, 0.15) is 5.69 Å².